The summed E-state index contributed by atoms with van der Waals surface area (Å²) in [4.78, 5) is 16.8. The molecule has 0 atom stereocenters. The first-order valence-electron chi connectivity index (χ1n) is 9.21. The van der Waals surface area contributed by atoms with Crippen molar-refractivity contribution in [2.24, 2.45) is 0 Å². The lowest BCUT2D eigenvalue weighted by Gasteiger charge is -2.03. The standard InChI is InChI=1S/C24H19ClN2O2/c1-15-12-21-22(13-16(15)2)29-24(27-21)18-4-3-5-20(14-18)26-23(28)11-8-17-6-9-19(25)10-7-17/h3-14H,1-2H3,(H,26,28). The van der Waals surface area contributed by atoms with Gasteiger partial charge in [-0.05, 0) is 79.1 Å². The number of amides is 1. The van der Waals surface area contributed by atoms with E-state index in [4.69, 9.17) is 16.0 Å². The van der Waals surface area contributed by atoms with Crippen molar-refractivity contribution in [1.82, 2.24) is 4.98 Å². The van der Waals surface area contributed by atoms with E-state index < -0.39 is 0 Å². The third-order valence-electron chi connectivity index (χ3n) is 4.68. The van der Waals surface area contributed by atoms with Crippen molar-refractivity contribution >= 4 is 40.4 Å². The number of hydrogen-bond acceptors (Lipinski definition) is 3. The van der Waals surface area contributed by atoms with Crippen LogP contribution in [0.15, 0.2) is 71.2 Å². The highest BCUT2D eigenvalue weighted by molar-refractivity contribution is 6.30. The van der Waals surface area contributed by atoms with Crippen LogP contribution in [-0.2, 0) is 4.79 Å². The number of benzene rings is 3. The summed E-state index contributed by atoms with van der Waals surface area (Å²) in [5.74, 6) is 0.304. The van der Waals surface area contributed by atoms with E-state index >= 15 is 0 Å². The SMILES string of the molecule is Cc1cc2nc(-c3cccc(NC(=O)C=Cc4ccc(Cl)cc4)c3)oc2cc1C. The predicted octanol–water partition coefficient (Wildman–Crippen LogP) is 6.42. The number of anilines is 1. The number of hydrogen-bond donors (Lipinski definition) is 1. The molecule has 5 heteroatoms. The van der Waals surface area contributed by atoms with Gasteiger partial charge in [-0.1, -0.05) is 29.8 Å². The molecule has 1 amide bonds. The van der Waals surface area contributed by atoms with Gasteiger partial charge in [0.15, 0.2) is 5.58 Å². The van der Waals surface area contributed by atoms with Crippen molar-refractivity contribution in [2.75, 3.05) is 5.32 Å². The molecule has 0 fully saturated rings. The van der Waals surface area contributed by atoms with E-state index in [0.29, 0.717) is 16.6 Å². The number of rotatable bonds is 4. The Labute approximate surface area is 173 Å². The van der Waals surface area contributed by atoms with Gasteiger partial charge in [-0.2, -0.15) is 0 Å². The minimum Gasteiger partial charge on any atom is -0.436 e. The Morgan fingerprint density at radius 1 is 1.03 bits per heavy atom. The van der Waals surface area contributed by atoms with Crippen LogP contribution in [-0.4, -0.2) is 10.9 Å². The zero-order valence-electron chi connectivity index (χ0n) is 16.1. The molecule has 3 aromatic carbocycles. The highest BCUT2D eigenvalue weighted by atomic mass is 35.5. The second kappa shape index (κ2) is 7.94. The average Bonchev–Trinajstić information content (AvgIpc) is 3.11. The van der Waals surface area contributed by atoms with Gasteiger partial charge in [0.2, 0.25) is 11.8 Å². The van der Waals surface area contributed by atoms with Crippen LogP contribution in [0.25, 0.3) is 28.6 Å². The maximum Gasteiger partial charge on any atom is 0.248 e. The van der Waals surface area contributed by atoms with Gasteiger partial charge in [0.1, 0.15) is 5.52 Å². The molecule has 29 heavy (non-hydrogen) atoms. The Morgan fingerprint density at radius 3 is 2.59 bits per heavy atom. The quantitative estimate of drug-likeness (QED) is 0.401. The fraction of sp³-hybridized carbons (Fsp3) is 0.0833. The lowest BCUT2D eigenvalue weighted by atomic mass is 10.1. The molecule has 144 valence electrons. The van der Waals surface area contributed by atoms with Gasteiger partial charge in [0.25, 0.3) is 0 Å². The molecular weight excluding hydrogens is 384 g/mol. The third kappa shape index (κ3) is 4.39. The first-order chi connectivity index (χ1) is 14.0. The van der Waals surface area contributed by atoms with Crippen LogP contribution in [0.4, 0.5) is 5.69 Å². The number of nitrogens with zero attached hydrogens (tertiary/aromatic N) is 1. The molecule has 0 radical (unpaired) electrons. The van der Waals surface area contributed by atoms with Gasteiger partial charge >= 0.3 is 0 Å². The Kier molecular flexibility index (Phi) is 5.19. The van der Waals surface area contributed by atoms with E-state index in [0.717, 1.165) is 27.8 Å². The number of fused-ring (bicyclic) bond motifs is 1. The Bertz CT molecular complexity index is 1180. The molecule has 0 saturated heterocycles. The zero-order chi connectivity index (χ0) is 20.4. The third-order valence-corrected chi connectivity index (χ3v) is 4.93. The molecule has 4 aromatic rings. The fourth-order valence-corrected chi connectivity index (χ4v) is 3.09. The van der Waals surface area contributed by atoms with Gasteiger partial charge in [0, 0.05) is 22.3 Å². The van der Waals surface area contributed by atoms with E-state index in [1.807, 2.05) is 55.5 Å². The van der Waals surface area contributed by atoms with Crippen LogP contribution in [0, 0.1) is 13.8 Å². The number of carbonyl (C=O) groups is 1. The number of halogens is 1. The smallest absolute Gasteiger partial charge is 0.248 e. The summed E-state index contributed by atoms with van der Waals surface area (Å²) in [6, 6.07) is 18.7. The number of aromatic nitrogens is 1. The van der Waals surface area contributed by atoms with E-state index in [2.05, 4.69) is 17.2 Å². The summed E-state index contributed by atoms with van der Waals surface area (Å²) >= 11 is 5.87. The topological polar surface area (TPSA) is 55.1 Å². The van der Waals surface area contributed by atoms with Crippen molar-refractivity contribution in [3.63, 3.8) is 0 Å². The summed E-state index contributed by atoms with van der Waals surface area (Å²) in [6.07, 6.45) is 3.22. The molecule has 1 heterocycles. The van der Waals surface area contributed by atoms with Crippen molar-refractivity contribution < 1.29 is 9.21 Å². The molecule has 0 unspecified atom stereocenters. The Balaban J connectivity index is 1.52. The maximum atomic E-state index is 12.3. The molecule has 4 nitrogen and oxygen atoms in total. The average molecular weight is 403 g/mol. The first kappa shape index (κ1) is 19.0. The zero-order valence-corrected chi connectivity index (χ0v) is 16.8. The molecule has 0 aliphatic heterocycles. The maximum absolute atomic E-state index is 12.3. The van der Waals surface area contributed by atoms with Gasteiger partial charge < -0.3 is 9.73 Å². The largest absolute Gasteiger partial charge is 0.436 e. The summed E-state index contributed by atoms with van der Waals surface area (Å²) in [5.41, 5.74) is 6.28. The van der Waals surface area contributed by atoms with Crippen LogP contribution >= 0.6 is 11.6 Å². The summed E-state index contributed by atoms with van der Waals surface area (Å²) in [6.45, 7) is 4.10. The molecule has 1 N–H and O–H groups in total. The Morgan fingerprint density at radius 2 is 1.79 bits per heavy atom. The molecule has 0 spiro atoms. The predicted molar refractivity (Wildman–Crippen MR) is 118 cm³/mol. The molecule has 0 aliphatic rings. The lowest BCUT2D eigenvalue weighted by Crippen LogP contribution is -2.07. The van der Waals surface area contributed by atoms with Crippen molar-refractivity contribution in [3.05, 3.63) is 88.5 Å². The van der Waals surface area contributed by atoms with Gasteiger partial charge in [-0.15, -0.1) is 0 Å². The second-order valence-electron chi connectivity index (χ2n) is 6.88. The molecule has 1 aromatic heterocycles. The van der Waals surface area contributed by atoms with E-state index in [1.165, 1.54) is 11.6 Å². The highest BCUT2D eigenvalue weighted by Gasteiger charge is 2.10. The van der Waals surface area contributed by atoms with Crippen molar-refractivity contribution in [1.29, 1.82) is 0 Å². The number of carbonyl (C=O) groups excluding carboxylic acids is 1. The highest BCUT2D eigenvalue weighted by Crippen LogP contribution is 2.27. The molecule has 0 bridgehead atoms. The second-order valence-corrected chi connectivity index (χ2v) is 7.31. The van der Waals surface area contributed by atoms with Crippen LogP contribution in [0.1, 0.15) is 16.7 Å². The Hall–Kier alpha value is -3.37. The first-order valence-corrected chi connectivity index (χ1v) is 9.58. The van der Waals surface area contributed by atoms with E-state index in [-0.39, 0.29) is 5.91 Å². The van der Waals surface area contributed by atoms with Crippen molar-refractivity contribution in [2.45, 2.75) is 13.8 Å². The fourth-order valence-electron chi connectivity index (χ4n) is 2.96. The van der Waals surface area contributed by atoms with Gasteiger partial charge in [0.05, 0.1) is 0 Å². The summed E-state index contributed by atoms with van der Waals surface area (Å²) < 4.78 is 5.92. The van der Waals surface area contributed by atoms with E-state index in [1.54, 1.807) is 18.2 Å². The summed E-state index contributed by atoms with van der Waals surface area (Å²) in [7, 11) is 0. The monoisotopic (exact) mass is 402 g/mol. The van der Waals surface area contributed by atoms with Crippen LogP contribution in [0.5, 0.6) is 0 Å². The number of aryl methyl sites for hydroxylation is 2. The normalized spacial score (nSPS) is 11.3. The molecule has 0 aliphatic carbocycles. The minimum absolute atomic E-state index is 0.221. The summed E-state index contributed by atoms with van der Waals surface area (Å²) in [5, 5.41) is 3.52. The molecular formula is C24H19ClN2O2. The van der Waals surface area contributed by atoms with Crippen molar-refractivity contribution in [3.8, 4) is 11.5 Å². The lowest BCUT2D eigenvalue weighted by molar-refractivity contribution is -0.111. The molecule has 0 saturated carbocycles. The minimum atomic E-state index is -0.221. The molecule has 4 rings (SSSR count). The van der Waals surface area contributed by atoms with Crippen LogP contribution in [0.2, 0.25) is 5.02 Å². The number of oxazole rings is 1. The van der Waals surface area contributed by atoms with Gasteiger partial charge in [-0.3, -0.25) is 4.79 Å². The van der Waals surface area contributed by atoms with Crippen LogP contribution < -0.4 is 5.32 Å². The van der Waals surface area contributed by atoms with Gasteiger partial charge in [-0.25, -0.2) is 4.98 Å². The van der Waals surface area contributed by atoms with E-state index in [9.17, 15) is 4.79 Å². The number of nitrogens with one attached hydrogen (secondary N) is 1. The van der Waals surface area contributed by atoms with Crippen LogP contribution in [0.3, 0.4) is 0 Å².